The maximum Gasteiger partial charge on any atom is 0.232 e. The summed E-state index contributed by atoms with van der Waals surface area (Å²) in [6.07, 6.45) is 1.47. The minimum atomic E-state index is -1.07. The van der Waals surface area contributed by atoms with Crippen LogP contribution in [0.2, 0.25) is 5.02 Å². The Bertz CT molecular complexity index is 1170. The van der Waals surface area contributed by atoms with Crippen molar-refractivity contribution in [1.82, 2.24) is 15.0 Å². The molecular formula is C17H10ClF2N3O2S. The quantitative estimate of drug-likeness (QED) is 0.497. The molecule has 2 heterocycles. The van der Waals surface area contributed by atoms with Crippen LogP contribution in [0.1, 0.15) is 0 Å². The Balaban J connectivity index is 1.99. The maximum absolute atomic E-state index is 14.3. The third-order valence-electron chi connectivity index (χ3n) is 3.78. The van der Waals surface area contributed by atoms with Gasteiger partial charge in [-0.2, -0.15) is 4.39 Å². The lowest BCUT2D eigenvalue weighted by molar-refractivity contribution is 0.374. The average Bonchev–Trinajstić information content (AvgIpc) is 3.07. The summed E-state index contributed by atoms with van der Waals surface area (Å²) in [5.41, 5.74) is 1.54. The van der Waals surface area contributed by atoms with E-state index in [9.17, 15) is 8.78 Å². The van der Waals surface area contributed by atoms with Crippen molar-refractivity contribution >= 4 is 44.2 Å². The number of methoxy groups -OCH3 is 2. The number of benzene rings is 2. The molecule has 4 aromatic rings. The highest BCUT2D eigenvalue weighted by Crippen LogP contribution is 2.38. The van der Waals surface area contributed by atoms with Crippen LogP contribution in [0.5, 0.6) is 11.6 Å². The Kier molecular flexibility index (Phi) is 4.08. The van der Waals surface area contributed by atoms with Crippen molar-refractivity contribution in [3.05, 3.63) is 41.1 Å². The number of hydrogen-bond acceptors (Lipinski definition) is 6. The number of aromatic nitrogens is 3. The molecule has 0 bridgehead atoms. The molecule has 0 atom stereocenters. The monoisotopic (exact) mass is 393 g/mol. The second-order valence-corrected chi connectivity index (χ2v) is 6.77. The van der Waals surface area contributed by atoms with Gasteiger partial charge in [0.1, 0.15) is 10.5 Å². The summed E-state index contributed by atoms with van der Waals surface area (Å²) in [7, 11) is 2.76. The van der Waals surface area contributed by atoms with Crippen LogP contribution in [0.4, 0.5) is 8.78 Å². The van der Waals surface area contributed by atoms with Crippen LogP contribution in [-0.4, -0.2) is 29.2 Å². The van der Waals surface area contributed by atoms with Crippen molar-refractivity contribution in [2.75, 3.05) is 14.2 Å². The third-order valence-corrected chi connectivity index (χ3v) is 5.04. The molecule has 0 radical (unpaired) electrons. The number of hydrogen-bond donors (Lipinski definition) is 0. The predicted molar refractivity (Wildman–Crippen MR) is 96.2 cm³/mol. The Labute approximate surface area is 155 Å². The Morgan fingerprint density at radius 2 is 1.81 bits per heavy atom. The summed E-state index contributed by atoms with van der Waals surface area (Å²) < 4.78 is 38.6. The lowest BCUT2D eigenvalue weighted by Crippen LogP contribution is -1.93. The van der Waals surface area contributed by atoms with Gasteiger partial charge in [-0.15, -0.1) is 11.3 Å². The van der Waals surface area contributed by atoms with Gasteiger partial charge in [-0.25, -0.2) is 19.3 Å². The second-order valence-electron chi connectivity index (χ2n) is 5.31. The summed E-state index contributed by atoms with van der Waals surface area (Å²) >= 11 is 7.37. The Morgan fingerprint density at radius 1 is 1.00 bits per heavy atom. The first-order valence-corrected chi connectivity index (χ1v) is 8.54. The highest BCUT2D eigenvalue weighted by atomic mass is 35.5. The predicted octanol–water partition coefficient (Wildman–Crippen LogP) is 4.86. The normalized spacial score (nSPS) is 11.3. The largest absolute Gasteiger partial charge is 0.494 e. The summed E-state index contributed by atoms with van der Waals surface area (Å²) in [5, 5.41) is 0.858. The zero-order valence-electron chi connectivity index (χ0n) is 13.5. The van der Waals surface area contributed by atoms with Crippen molar-refractivity contribution in [3.8, 4) is 22.2 Å². The summed E-state index contributed by atoms with van der Waals surface area (Å²) in [6.45, 7) is 0. The van der Waals surface area contributed by atoms with Gasteiger partial charge in [0.25, 0.3) is 0 Å². The molecule has 0 aliphatic rings. The molecule has 4 rings (SSSR count). The number of rotatable bonds is 3. The lowest BCUT2D eigenvalue weighted by Gasteiger charge is -2.05. The van der Waals surface area contributed by atoms with E-state index >= 15 is 0 Å². The zero-order chi connectivity index (χ0) is 18.4. The average molecular weight is 394 g/mol. The molecule has 0 amide bonds. The van der Waals surface area contributed by atoms with Crippen LogP contribution in [0, 0.1) is 11.6 Å². The highest BCUT2D eigenvalue weighted by Gasteiger charge is 2.20. The van der Waals surface area contributed by atoms with E-state index in [1.807, 2.05) is 0 Å². The van der Waals surface area contributed by atoms with Gasteiger partial charge >= 0.3 is 0 Å². The van der Waals surface area contributed by atoms with Crippen molar-refractivity contribution in [3.63, 3.8) is 0 Å². The van der Waals surface area contributed by atoms with Gasteiger partial charge in [-0.3, -0.25) is 0 Å². The van der Waals surface area contributed by atoms with E-state index in [-0.39, 0.29) is 11.3 Å². The maximum atomic E-state index is 14.3. The molecular weight excluding hydrogens is 384 g/mol. The number of nitrogens with zero attached hydrogens (tertiary/aromatic N) is 3. The molecule has 26 heavy (non-hydrogen) atoms. The van der Waals surface area contributed by atoms with Crippen LogP contribution in [0.25, 0.3) is 31.8 Å². The molecule has 0 fully saturated rings. The van der Waals surface area contributed by atoms with Gasteiger partial charge in [0, 0.05) is 16.7 Å². The molecule has 0 spiro atoms. The third kappa shape index (κ3) is 2.62. The molecule has 9 heteroatoms. The van der Waals surface area contributed by atoms with Crippen LogP contribution in [-0.2, 0) is 0 Å². The zero-order valence-corrected chi connectivity index (χ0v) is 15.1. The van der Waals surface area contributed by atoms with Gasteiger partial charge < -0.3 is 9.47 Å². The number of thiazole rings is 1. The summed E-state index contributed by atoms with van der Waals surface area (Å²) in [5.74, 6) is -1.96. The number of ether oxygens (including phenoxy) is 2. The molecule has 0 aliphatic carbocycles. The van der Waals surface area contributed by atoms with Gasteiger partial charge in [0.2, 0.25) is 11.7 Å². The molecule has 2 aromatic carbocycles. The van der Waals surface area contributed by atoms with Crippen molar-refractivity contribution in [2.45, 2.75) is 0 Å². The molecule has 0 saturated carbocycles. The second kappa shape index (κ2) is 6.30. The fourth-order valence-corrected chi connectivity index (χ4v) is 3.80. The minimum Gasteiger partial charge on any atom is -0.494 e. The molecule has 5 nitrogen and oxygen atoms in total. The highest BCUT2D eigenvalue weighted by molar-refractivity contribution is 7.21. The molecule has 2 aromatic heterocycles. The summed E-state index contributed by atoms with van der Waals surface area (Å²) in [4.78, 5) is 12.9. The van der Waals surface area contributed by atoms with E-state index in [1.165, 1.54) is 37.8 Å². The van der Waals surface area contributed by atoms with Crippen molar-refractivity contribution in [1.29, 1.82) is 0 Å². The summed E-state index contributed by atoms with van der Waals surface area (Å²) in [6, 6.07) is 4.72. The Hall–Kier alpha value is -2.58. The van der Waals surface area contributed by atoms with E-state index < -0.39 is 11.6 Å². The van der Waals surface area contributed by atoms with E-state index in [0.717, 1.165) is 0 Å². The fraction of sp³-hybridized carbons (Fsp3) is 0.118. The molecule has 0 aliphatic heterocycles. The van der Waals surface area contributed by atoms with Crippen LogP contribution in [0.15, 0.2) is 24.4 Å². The standard InChI is InChI=1S/C17H10ClF2N3O2S/c1-24-10-5-11-16(14(20)13(10)19)23-17(26-11)8-3-7(18)4-9-15(8)21-6-12(22-9)25-2/h3-6H,1-2H3. The van der Waals surface area contributed by atoms with Gasteiger partial charge in [-0.05, 0) is 12.1 Å². The number of halogens is 3. The van der Waals surface area contributed by atoms with Gasteiger partial charge in [-0.1, -0.05) is 11.6 Å². The van der Waals surface area contributed by atoms with Gasteiger partial charge in [0.15, 0.2) is 11.6 Å². The van der Waals surface area contributed by atoms with E-state index in [4.69, 9.17) is 21.1 Å². The van der Waals surface area contributed by atoms with Crippen LogP contribution >= 0.6 is 22.9 Å². The first-order chi connectivity index (χ1) is 12.5. The smallest absolute Gasteiger partial charge is 0.232 e. The van der Waals surface area contributed by atoms with E-state index in [0.29, 0.717) is 37.2 Å². The minimum absolute atomic E-state index is 0.0714. The van der Waals surface area contributed by atoms with Crippen molar-refractivity contribution in [2.24, 2.45) is 0 Å². The van der Waals surface area contributed by atoms with E-state index in [2.05, 4.69) is 15.0 Å². The SMILES string of the molecule is COc1cnc2c(-c3nc4c(F)c(F)c(OC)cc4s3)cc(Cl)cc2n1. The van der Waals surface area contributed by atoms with Crippen LogP contribution in [0.3, 0.4) is 0 Å². The first kappa shape index (κ1) is 16.9. The molecule has 0 saturated heterocycles. The van der Waals surface area contributed by atoms with Gasteiger partial charge in [0.05, 0.1) is 36.1 Å². The topological polar surface area (TPSA) is 57.1 Å². The Morgan fingerprint density at radius 3 is 2.54 bits per heavy atom. The first-order valence-electron chi connectivity index (χ1n) is 7.35. The lowest BCUT2D eigenvalue weighted by atomic mass is 10.2. The number of fused-ring (bicyclic) bond motifs is 2. The molecule has 0 unspecified atom stereocenters. The molecule has 132 valence electrons. The van der Waals surface area contributed by atoms with Crippen LogP contribution < -0.4 is 9.47 Å². The van der Waals surface area contributed by atoms with E-state index in [1.54, 1.807) is 12.1 Å². The molecule has 0 N–H and O–H groups in total. The van der Waals surface area contributed by atoms with Crippen molar-refractivity contribution < 1.29 is 18.3 Å². The fourth-order valence-electron chi connectivity index (χ4n) is 2.58.